The van der Waals surface area contributed by atoms with Crippen molar-refractivity contribution in [2.45, 2.75) is 6.92 Å². The summed E-state index contributed by atoms with van der Waals surface area (Å²) in [5, 5.41) is 5.69. The van der Waals surface area contributed by atoms with E-state index in [0.29, 0.717) is 17.2 Å². The highest BCUT2D eigenvalue weighted by molar-refractivity contribution is 6.03. The van der Waals surface area contributed by atoms with Crippen LogP contribution in [0.5, 0.6) is 0 Å². The molecule has 98 valence electrons. The van der Waals surface area contributed by atoms with Crippen LogP contribution in [0.25, 0.3) is 0 Å². The molecule has 0 aliphatic carbocycles. The fraction of sp³-hybridized carbons (Fsp3) is 0.143. The van der Waals surface area contributed by atoms with Crippen molar-refractivity contribution < 1.29 is 9.18 Å². The summed E-state index contributed by atoms with van der Waals surface area (Å²) < 4.78 is 12.8. The summed E-state index contributed by atoms with van der Waals surface area (Å²) >= 11 is 0. The van der Waals surface area contributed by atoms with Gasteiger partial charge in [-0.25, -0.2) is 9.37 Å². The van der Waals surface area contributed by atoms with Crippen LogP contribution >= 0.6 is 0 Å². The highest BCUT2D eigenvalue weighted by atomic mass is 19.1. The second-order valence-electron chi connectivity index (χ2n) is 3.90. The maximum atomic E-state index is 12.8. The van der Waals surface area contributed by atoms with Crippen molar-refractivity contribution in [3.63, 3.8) is 0 Å². The number of hydrogen-bond acceptors (Lipinski definition) is 3. The Morgan fingerprint density at radius 3 is 2.63 bits per heavy atom. The molecule has 0 bridgehead atoms. The minimum Gasteiger partial charge on any atom is -0.370 e. The number of hydrogen-bond donors (Lipinski definition) is 2. The van der Waals surface area contributed by atoms with E-state index in [0.717, 1.165) is 6.54 Å². The monoisotopic (exact) mass is 259 g/mol. The normalized spacial score (nSPS) is 10.0. The molecule has 0 saturated heterocycles. The molecule has 0 radical (unpaired) electrons. The van der Waals surface area contributed by atoms with Gasteiger partial charge in [-0.15, -0.1) is 0 Å². The third kappa shape index (κ3) is 3.51. The summed E-state index contributed by atoms with van der Waals surface area (Å²) in [6.07, 6.45) is 0. The second kappa shape index (κ2) is 5.95. The Bertz CT molecular complexity index is 569. The number of amides is 1. The zero-order chi connectivity index (χ0) is 13.7. The lowest BCUT2D eigenvalue weighted by molar-refractivity contribution is 0.102. The van der Waals surface area contributed by atoms with Crippen LogP contribution in [0.4, 0.5) is 15.9 Å². The van der Waals surface area contributed by atoms with Gasteiger partial charge in [-0.2, -0.15) is 0 Å². The number of nitrogens with one attached hydrogen (secondary N) is 2. The van der Waals surface area contributed by atoms with Crippen molar-refractivity contribution in [3.8, 4) is 0 Å². The third-order valence-electron chi connectivity index (χ3n) is 2.44. The largest absolute Gasteiger partial charge is 0.370 e. The standard InChI is InChI=1S/C14H14FN3O/c1-2-16-13-5-3-4-12(18-13)14(19)17-11-8-6-10(15)7-9-11/h3-9H,2H2,1H3,(H,16,18)(H,17,19). The molecule has 0 fully saturated rings. The molecule has 0 atom stereocenters. The number of halogens is 1. The molecular weight excluding hydrogens is 245 g/mol. The van der Waals surface area contributed by atoms with Crippen molar-refractivity contribution in [2.75, 3.05) is 17.2 Å². The Morgan fingerprint density at radius 1 is 1.21 bits per heavy atom. The fourth-order valence-corrected chi connectivity index (χ4v) is 1.57. The number of aromatic nitrogens is 1. The number of rotatable bonds is 4. The summed E-state index contributed by atoms with van der Waals surface area (Å²) in [6, 6.07) is 10.8. The van der Waals surface area contributed by atoms with Gasteiger partial charge in [-0.05, 0) is 43.3 Å². The number of nitrogens with zero attached hydrogens (tertiary/aromatic N) is 1. The average molecular weight is 259 g/mol. The maximum absolute atomic E-state index is 12.8. The van der Waals surface area contributed by atoms with E-state index in [9.17, 15) is 9.18 Å². The van der Waals surface area contributed by atoms with Gasteiger partial charge in [-0.3, -0.25) is 4.79 Å². The smallest absolute Gasteiger partial charge is 0.274 e. The van der Waals surface area contributed by atoms with Crippen LogP contribution in [-0.2, 0) is 0 Å². The number of pyridine rings is 1. The topological polar surface area (TPSA) is 54.0 Å². The zero-order valence-electron chi connectivity index (χ0n) is 10.5. The highest BCUT2D eigenvalue weighted by Crippen LogP contribution is 2.11. The Balaban J connectivity index is 2.11. The minimum atomic E-state index is -0.342. The van der Waals surface area contributed by atoms with Gasteiger partial charge in [0.2, 0.25) is 0 Å². The van der Waals surface area contributed by atoms with Gasteiger partial charge < -0.3 is 10.6 Å². The summed E-state index contributed by atoms with van der Waals surface area (Å²) in [7, 11) is 0. The predicted octanol–water partition coefficient (Wildman–Crippen LogP) is 2.90. The van der Waals surface area contributed by atoms with Crippen LogP contribution in [0.15, 0.2) is 42.5 Å². The number of benzene rings is 1. The molecule has 1 aromatic heterocycles. The van der Waals surface area contributed by atoms with E-state index in [1.165, 1.54) is 24.3 Å². The van der Waals surface area contributed by atoms with Gasteiger partial charge in [0.1, 0.15) is 17.3 Å². The van der Waals surface area contributed by atoms with E-state index >= 15 is 0 Å². The number of anilines is 2. The third-order valence-corrected chi connectivity index (χ3v) is 2.44. The van der Waals surface area contributed by atoms with E-state index in [1.807, 2.05) is 6.92 Å². The molecule has 2 aromatic rings. The molecule has 0 unspecified atom stereocenters. The fourth-order valence-electron chi connectivity index (χ4n) is 1.57. The van der Waals surface area contributed by atoms with E-state index in [4.69, 9.17) is 0 Å². The molecule has 2 rings (SSSR count). The molecule has 0 spiro atoms. The van der Waals surface area contributed by atoms with E-state index in [2.05, 4.69) is 15.6 Å². The van der Waals surface area contributed by atoms with Crippen LogP contribution in [-0.4, -0.2) is 17.4 Å². The summed E-state index contributed by atoms with van der Waals surface area (Å²) in [6.45, 7) is 2.68. The molecule has 1 amide bonds. The van der Waals surface area contributed by atoms with Gasteiger partial charge in [0, 0.05) is 12.2 Å². The Kier molecular flexibility index (Phi) is 4.07. The second-order valence-corrected chi connectivity index (χ2v) is 3.90. The molecule has 0 saturated carbocycles. The Hall–Kier alpha value is -2.43. The Labute approximate surface area is 110 Å². The Morgan fingerprint density at radius 2 is 1.95 bits per heavy atom. The van der Waals surface area contributed by atoms with Crippen molar-refractivity contribution in [1.29, 1.82) is 0 Å². The van der Waals surface area contributed by atoms with Crippen LogP contribution in [0.2, 0.25) is 0 Å². The van der Waals surface area contributed by atoms with Gasteiger partial charge in [0.15, 0.2) is 0 Å². The first-order valence-electron chi connectivity index (χ1n) is 5.97. The molecule has 0 aliphatic rings. The van der Waals surface area contributed by atoms with Crippen molar-refractivity contribution >= 4 is 17.4 Å². The van der Waals surface area contributed by atoms with Crippen LogP contribution in [0.1, 0.15) is 17.4 Å². The molecule has 5 heteroatoms. The summed E-state index contributed by atoms with van der Waals surface area (Å²) in [5.41, 5.74) is 0.838. The zero-order valence-corrected chi connectivity index (χ0v) is 10.5. The molecule has 1 heterocycles. The first kappa shape index (κ1) is 13.0. The minimum absolute atomic E-state index is 0.308. The quantitative estimate of drug-likeness (QED) is 0.887. The molecule has 1 aromatic carbocycles. The van der Waals surface area contributed by atoms with E-state index in [-0.39, 0.29) is 11.7 Å². The lowest BCUT2D eigenvalue weighted by atomic mass is 10.3. The number of carbonyl (C=O) groups is 1. The van der Waals surface area contributed by atoms with Gasteiger partial charge in [0.05, 0.1) is 0 Å². The van der Waals surface area contributed by atoms with Crippen LogP contribution in [0.3, 0.4) is 0 Å². The molecule has 2 N–H and O–H groups in total. The van der Waals surface area contributed by atoms with Gasteiger partial charge in [0.25, 0.3) is 5.91 Å². The first-order chi connectivity index (χ1) is 9.19. The molecule has 4 nitrogen and oxygen atoms in total. The highest BCUT2D eigenvalue weighted by Gasteiger charge is 2.08. The maximum Gasteiger partial charge on any atom is 0.274 e. The predicted molar refractivity (Wildman–Crippen MR) is 72.8 cm³/mol. The lowest BCUT2D eigenvalue weighted by Crippen LogP contribution is -2.14. The van der Waals surface area contributed by atoms with Crippen molar-refractivity contribution in [2.24, 2.45) is 0 Å². The molecule has 0 aliphatic heterocycles. The van der Waals surface area contributed by atoms with Gasteiger partial charge >= 0.3 is 0 Å². The summed E-state index contributed by atoms with van der Waals surface area (Å²) in [4.78, 5) is 16.1. The van der Waals surface area contributed by atoms with E-state index < -0.39 is 0 Å². The van der Waals surface area contributed by atoms with Crippen molar-refractivity contribution in [1.82, 2.24) is 4.98 Å². The summed E-state index contributed by atoms with van der Waals surface area (Å²) in [5.74, 6) is -0.0223. The molecule has 19 heavy (non-hydrogen) atoms. The van der Waals surface area contributed by atoms with Gasteiger partial charge in [-0.1, -0.05) is 6.07 Å². The van der Waals surface area contributed by atoms with Crippen LogP contribution in [0, 0.1) is 5.82 Å². The van der Waals surface area contributed by atoms with Crippen LogP contribution < -0.4 is 10.6 Å². The molecular formula is C14H14FN3O. The SMILES string of the molecule is CCNc1cccc(C(=O)Nc2ccc(F)cc2)n1. The average Bonchev–Trinajstić information content (AvgIpc) is 2.42. The van der Waals surface area contributed by atoms with E-state index in [1.54, 1.807) is 18.2 Å². The number of carbonyl (C=O) groups excluding carboxylic acids is 1. The first-order valence-corrected chi connectivity index (χ1v) is 5.97. The lowest BCUT2D eigenvalue weighted by Gasteiger charge is -2.06. The van der Waals surface area contributed by atoms with Crippen molar-refractivity contribution in [3.05, 3.63) is 54.0 Å².